The zero-order valence-corrected chi connectivity index (χ0v) is 11.0. The molecule has 0 radical (unpaired) electrons. The first kappa shape index (κ1) is 13.1. The second-order valence-electron chi connectivity index (χ2n) is 4.76. The van der Waals surface area contributed by atoms with E-state index in [1.54, 1.807) is 0 Å². The molecule has 1 aromatic carbocycles. The standard InChI is InChI=1S/C15H20O3/c1-3-15(16)12-5-8-13(9-6-12)17-10-14-7-4-11(2)18-14/h5-6,8-9,11,14H,3-4,7,10H2,1-2H3. The van der Waals surface area contributed by atoms with Crippen molar-refractivity contribution in [3.05, 3.63) is 29.8 Å². The third-order valence-corrected chi connectivity index (χ3v) is 3.25. The Hall–Kier alpha value is -1.35. The Bertz CT molecular complexity index is 397. The molecule has 18 heavy (non-hydrogen) atoms. The summed E-state index contributed by atoms with van der Waals surface area (Å²) in [6.45, 7) is 4.54. The number of carbonyl (C=O) groups excluding carboxylic acids is 1. The SMILES string of the molecule is CCC(=O)c1ccc(OCC2CCC(C)O2)cc1. The maximum Gasteiger partial charge on any atom is 0.162 e. The molecule has 0 amide bonds. The van der Waals surface area contributed by atoms with Gasteiger partial charge in [-0.05, 0) is 44.0 Å². The molecule has 1 saturated heterocycles. The van der Waals surface area contributed by atoms with E-state index < -0.39 is 0 Å². The van der Waals surface area contributed by atoms with Crippen molar-refractivity contribution < 1.29 is 14.3 Å². The van der Waals surface area contributed by atoms with Gasteiger partial charge < -0.3 is 9.47 Å². The summed E-state index contributed by atoms with van der Waals surface area (Å²) < 4.78 is 11.4. The predicted octanol–water partition coefficient (Wildman–Crippen LogP) is 3.23. The van der Waals surface area contributed by atoms with Crippen molar-refractivity contribution in [2.45, 2.75) is 45.3 Å². The molecule has 1 heterocycles. The summed E-state index contributed by atoms with van der Waals surface area (Å²) in [6.07, 6.45) is 3.26. The lowest BCUT2D eigenvalue weighted by atomic mass is 10.1. The Labute approximate surface area is 108 Å². The minimum Gasteiger partial charge on any atom is -0.491 e. The average Bonchev–Trinajstić information content (AvgIpc) is 2.82. The number of ketones is 1. The van der Waals surface area contributed by atoms with Crippen LogP contribution in [0.3, 0.4) is 0 Å². The topological polar surface area (TPSA) is 35.5 Å². The van der Waals surface area contributed by atoms with Gasteiger partial charge in [0, 0.05) is 12.0 Å². The molecule has 3 nitrogen and oxygen atoms in total. The van der Waals surface area contributed by atoms with Crippen LogP contribution in [-0.4, -0.2) is 24.6 Å². The van der Waals surface area contributed by atoms with Crippen LogP contribution in [-0.2, 0) is 4.74 Å². The summed E-state index contributed by atoms with van der Waals surface area (Å²) in [5.41, 5.74) is 0.746. The fourth-order valence-corrected chi connectivity index (χ4v) is 2.14. The van der Waals surface area contributed by atoms with Gasteiger partial charge >= 0.3 is 0 Å². The van der Waals surface area contributed by atoms with E-state index in [9.17, 15) is 4.79 Å². The van der Waals surface area contributed by atoms with Gasteiger partial charge in [-0.1, -0.05) is 6.92 Å². The van der Waals surface area contributed by atoms with Gasteiger partial charge in [-0.3, -0.25) is 4.79 Å². The first-order chi connectivity index (χ1) is 8.69. The van der Waals surface area contributed by atoms with E-state index in [2.05, 4.69) is 6.92 Å². The minimum atomic E-state index is 0.162. The first-order valence-corrected chi connectivity index (χ1v) is 6.60. The lowest BCUT2D eigenvalue weighted by Crippen LogP contribution is -2.17. The molecule has 0 aliphatic carbocycles. The molecule has 0 bridgehead atoms. The normalized spacial score (nSPS) is 23.0. The van der Waals surface area contributed by atoms with Crippen molar-refractivity contribution in [1.82, 2.24) is 0 Å². The first-order valence-electron chi connectivity index (χ1n) is 6.60. The lowest BCUT2D eigenvalue weighted by molar-refractivity contribution is 0.0264. The Morgan fingerprint density at radius 2 is 2.06 bits per heavy atom. The van der Waals surface area contributed by atoms with Crippen LogP contribution in [0.5, 0.6) is 5.75 Å². The van der Waals surface area contributed by atoms with Gasteiger partial charge in [0.2, 0.25) is 0 Å². The second kappa shape index (κ2) is 6.01. The molecule has 1 fully saturated rings. The molecular formula is C15H20O3. The number of hydrogen-bond acceptors (Lipinski definition) is 3. The van der Waals surface area contributed by atoms with E-state index in [4.69, 9.17) is 9.47 Å². The second-order valence-corrected chi connectivity index (χ2v) is 4.76. The summed E-state index contributed by atoms with van der Waals surface area (Å²) >= 11 is 0. The summed E-state index contributed by atoms with van der Waals surface area (Å²) in [5.74, 6) is 0.959. The highest BCUT2D eigenvalue weighted by Crippen LogP contribution is 2.20. The van der Waals surface area contributed by atoms with Crippen LogP contribution >= 0.6 is 0 Å². The number of benzene rings is 1. The molecule has 1 aliphatic rings. The Morgan fingerprint density at radius 1 is 1.33 bits per heavy atom. The van der Waals surface area contributed by atoms with E-state index in [0.29, 0.717) is 19.1 Å². The van der Waals surface area contributed by atoms with Crippen LogP contribution in [0.4, 0.5) is 0 Å². The molecule has 98 valence electrons. The van der Waals surface area contributed by atoms with Crippen LogP contribution in [0, 0.1) is 0 Å². The van der Waals surface area contributed by atoms with E-state index in [-0.39, 0.29) is 11.9 Å². The fourth-order valence-electron chi connectivity index (χ4n) is 2.14. The van der Waals surface area contributed by atoms with Crippen LogP contribution in [0.2, 0.25) is 0 Å². The third-order valence-electron chi connectivity index (χ3n) is 3.25. The largest absolute Gasteiger partial charge is 0.491 e. The van der Waals surface area contributed by atoms with Crippen LogP contribution in [0.1, 0.15) is 43.5 Å². The van der Waals surface area contributed by atoms with E-state index in [1.165, 1.54) is 0 Å². The molecule has 0 aromatic heterocycles. The van der Waals surface area contributed by atoms with Crippen LogP contribution < -0.4 is 4.74 Å². The number of Topliss-reactive ketones (excluding diaryl/α,β-unsaturated/α-hetero) is 1. The van der Waals surface area contributed by atoms with Crippen LogP contribution in [0.25, 0.3) is 0 Å². The third kappa shape index (κ3) is 3.33. The fraction of sp³-hybridized carbons (Fsp3) is 0.533. The van der Waals surface area contributed by atoms with Gasteiger partial charge in [-0.2, -0.15) is 0 Å². The van der Waals surface area contributed by atoms with Crippen molar-refractivity contribution in [3.8, 4) is 5.75 Å². The van der Waals surface area contributed by atoms with Crippen molar-refractivity contribution in [2.24, 2.45) is 0 Å². The monoisotopic (exact) mass is 248 g/mol. The summed E-state index contributed by atoms with van der Waals surface area (Å²) in [4.78, 5) is 11.5. The van der Waals surface area contributed by atoms with Crippen LogP contribution in [0.15, 0.2) is 24.3 Å². The van der Waals surface area contributed by atoms with Crippen molar-refractivity contribution >= 4 is 5.78 Å². The predicted molar refractivity (Wildman–Crippen MR) is 70.1 cm³/mol. The molecule has 2 atom stereocenters. The number of hydrogen-bond donors (Lipinski definition) is 0. The van der Waals surface area contributed by atoms with Crippen molar-refractivity contribution in [3.63, 3.8) is 0 Å². The molecular weight excluding hydrogens is 228 g/mol. The highest BCUT2D eigenvalue weighted by atomic mass is 16.5. The Kier molecular flexibility index (Phi) is 4.37. The zero-order valence-electron chi connectivity index (χ0n) is 11.0. The number of ether oxygens (including phenoxy) is 2. The molecule has 0 N–H and O–H groups in total. The molecule has 3 heteroatoms. The van der Waals surface area contributed by atoms with Gasteiger partial charge in [0.15, 0.2) is 5.78 Å². The number of carbonyl (C=O) groups is 1. The van der Waals surface area contributed by atoms with Gasteiger partial charge in [0.25, 0.3) is 0 Å². The van der Waals surface area contributed by atoms with Gasteiger partial charge in [0.1, 0.15) is 12.4 Å². The van der Waals surface area contributed by atoms with E-state index >= 15 is 0 Å². The van der Waals surface area contributed by atoms with Gasteiger partial charge in [-0.15, -0.1) is 0 Å². The molecule has 1 aromatic rings. The molecule has 0 spiro atoms. The average molecular weight is 248 g/mol. The molecule has 2 unspecified atom stereocenters. The lowest BCUT2D eigenvalue weighted by Gasteiger charge is -2.12. The molecule has 0 saturated carbocycles. The smallest absolute Gasteiger partial charge is 0.162 e. The Balaban J connectivity index is 1.85. The molecule has 2 rings (SSSR count). The summed E-state index contributed by atoms with van der Waals surface area (Å²) in [7, 11) is 0. The minimum absolute atomic E-state index is 0.162. The molecule has 1 aliphatic heterocycles. The van der Waals surface area contributed by atoms with Gasteiger partial charge in [-0.25, -0.2) is 0 Å². The number of rotatable bonds is 5. The highest BCUT2D eigenvalue weighted by molar-refractivity contribution is 5.95. The highest BCUT2D eigenvalue weighted by Gasteiger charge is 2.22. The van der Waals surface area contributed by atoms with E-state index in [1.807, 2.05) is 31.2 Å². The maximum atomic E-state index is 11.5. The maximum absolute atomic E-state index is 11.5. The van der Waals surface area contributed by atoms with Crippen molar-refractivity contribution in [1.29, 1.82) is 0 Å². The quantitative estimate of drug-likeness (QED) is 0.750. The Morgan fingerprint density at radius 3 is 2.61 bits per heavy atom. The summed E-state index contributed by atoms with van der Waals surface area (Å²) in [6, 6.07) is 7.33. The summed E-state index contributed by atoms with van der Waals surface area (Å²) in [5, 5.41) is 0. The van der Waals surface area contributed by atoms with Gasteiger partial charge in [0.05, 0.1) is 12.2 Å². The van der Waals surface area contributed by atoms with E-state index in [0.717, 1.165) is 24.2 Å². The van der Waals surface area contributed by atoms with Crippen molar-refractivity contribution in [2.75, 3.05) is 6.61 Å². The zero-order chi connectivity index (χ0) is 13.0.